The van der Waals surface area contributed by atoms with Crippen LogP contribution in [0.2, 0.25) is 0 Å². The van der Waals surface area contributed by atoms with E-state index >= 15 is 0 Å². The summed E-state index contributed by atoms with van der Waals surface area (Å²) in [6.45, 7) is 4.52. The number of piperazine rings is 1. The van der Waals surface area contributed by atoms with E-state index in [-0.39, 0.29) is 17.6 Å². The first kappa shape index (κ1) is 22.6. The van der Waals surface area contributed by atoms with Gasteiger partial charge in [-0.3, -0.25) is 14.4 Å². The summed E-state index contributed by atoms with van der Waals surface area (Å²) in [4.78, 5) is 56.3. The van der Waals surface area contributed by atoms with Crippen molar-refractivity contribution in [2.24, 2.45) is 0 Å². The highest BCUT2D eigenvalue weighted by Crippen LogP contribution is 2.32. The number of benzene rings is 2. The van der Waals surface area contributed by atoms with Gasteiger partial charge in [0.05, 0.1) is 6.26 Å². The highest BCUT2D eigenvalue weighted by atomic mass is 16.3. The number of fused-ring (bicyclic) bond motifs is 1. The quantitative estimate of drug-likeness (QED) is 0.586. The van der Waals surface area contributed by atoms with E-state index < -0.39 is 23.5 Å². The second kappa shape index (κ2) is 8.57. The molecule has 180 valence electrons. The summed E-state index contributed by atoms with van der Waals surface area (Å²) < 4.78 is 5.17. The Morgan fingerprint density at radius 1 is 0.943 bits per heavy atom. The number of hydrogen-bond acceptors (Lipinski definition) is 5. The number of nitrogens with one attached hydrogen (secondary N) is 1. The molecular formula is C26H26N4O5. The van der Waals surface area contributed by atoms with E-state index in [4.69, 9.17) is 4.42 Å². The van der Waals surface area contributed by atoms with Gasteiger partial charge in [0.2, 0.25) is 5.91 Å². The summed E-state index contributed by atoms with van der Waals surface area (Å²) in [6.07, 6.45) is 1.44. The molecule has 3 heterocycles. The van der Waals surface area contributed by atoms with Gasteiger partial charge < -0.3 is 19.5 Å². The minimum Gasteiger partial charge on any atom is -0.459 e. The van der Waals surface area contributed by atoms with Gasteiger partial charge in [-0.1, -0.05) is 36.4 Å². The molecule has 35 heavy (non-hydrogen) atoms. The van der Waals surface area contributed by atoms with Crippen molar-refractivity contribution in [1.82, 2.24) is 20.0 Å². The van der Waals surface area contributed by atoms with Gasteiger partial charge >= 0.3 is 6.03 Å². The normalized spacial score (nSPS) is 21.4. The SMILES string of the molecule is C[C@H](C(=O)N1CCN(C(=O)c2ccco2)CC1)N1C(=O)N[C@@](C)(c2ccc3ccccc3c2)C1=O. The average molecular weight is 475 g/mol. The number of amides is 5. The van der Waals surface area contributed by atoms with Gasteiger partial charge in [0.15, 0.2) is 5.76 Å². The lowest BCUT2D eigenvalue weighted by atomic mass is 9.90. The first-order chi connectivity index (χ1) is 16.8. The molecule has 2 aliphatic rings. The average Bonchev–Trinajstić information content (AvgIpc) is 3.49. The zero-order valence-electron chi connectivity index (χ0n) is 19.6. The summed E-state index contributed by atoms with van der Waals surface area (Å²) in [5.74, 6) is -0.771. The standard InChI is InChI=1S/C26H26N4O5/c1-17(22(31)28-11-13-29(14-12-28)23(32)21-8-5-15-35-21)30-24(33)26(2,27-25(30)34)20-10-9-18-6-3-4-7-19(18)16-20/h3-10,15-17H,11-14H2,1-2H3,(H,27,34)/t17-,26+/m1/s1. The van der Waals surface area contributed by atoms with E-state index in [0.29, 0.717) is 31.7 Å². The van der Waals surface area contributed by atoms with E-state index in [1.54, 1.807) is 35.8 Å². The Morgan fingerprint density at radius 2 is 1.63 bits per heavy atom. The number of nitrogens with zero attached hydrogens (tertiary/aromatic N) is 3. The molecule has 0 unspecified atom stereocenters. The Balaban J connectivity index is 1.29. The lowest BCUT2D eigenvalue weighted by Gasteiger charge is -2.36. The van der Waals surface area contributed by atoms with E-state index in [9.17, 15) is 19.2 Å². The predicted molar refractivity (Wildman–Crippen MR) is 127 cm³/mol. The first-order valence-corrected chi connectivity index (χ1v) is 11.6. The molecule has 1 N–H and O–H groups in total. The molecule has 3 aromatic rings. The molecular weight excluding hydrogens is 448 g/mol. The molecule has 9 nitrogen and oxygen atoms in total. The monoisotopic (exact) mass is 474 g/mol. The molecule has 9 heteroatoms. The lowest BCUT2D eigenvalue weighted by Crippen LogP contribution is -2.56. The van der Waals surface area contributed by atoms with E-state index in [0.717, 1.165) is 15.7 Å². The molecule has 2 aliphatic heterocycles. The van der Waals surface area contributed by atoms with Gasteiger partial charge in [-0.05, 0) is 48.4 Å². The van der Waals surface area contributed by atoms with Crippen molar-refractivity contribution in [3.63, 3.8) is 0 Å². The van der Waals surface area contributed by atoms with Crippen molar-refractivity contribution in [2.45, 2.75) is 25.4 Å². The number of carbonyl (C=O) groups is 4. The number of urea groups is 1. The molecule has 2 aromatic carbocycles. The van der Waals surface area contributed by atoms with Crippen molar-refractivity contribution in [3.05, 3.63) is 72.2 Å². The summed E-state index contributed by atoms with van der Waals surface area (Å²) >= 11 is 0. The van der Waals surface area contributed by atoms with Gasteiger partial charge in [-0.25, -0.2) is 9.69 Å². The Kier molecular flexibility index (Phi) is 5.55. The molecule has 2 saturated heterocycles. The minimum absolute atomic E-state index is 0.226. The first-order valence-electron chi connectivity index (χ1n) is 11.6. The second-order valence-electron chi connectivity index (χ2n) is 9.06. The summed E-state index contributed by atoms with van der Waals surface area (Å²) in [5, 5.41) is 4.78. The largest absolute Gasteiger partial charge is 0.459 e. The number of imide groups is 1. The van der Waals surface area contributed by atoms with Gasteiger partial charge in [0.1, 0.15) is 11.6 Å². The number of carbonyl (C=O) groups excluding carboxylic acids is 4. The summed E-state index contributed by atoms with van der Waals surface area (Å²) in [7, 11) is 0. The Bertz CT molecular complexity index is 1310. The number of furan rings is 1. The molecule has 2 fully saturated rings. The summed E-state index contributed by atoms with van der Waals surface area (Å²) in [5.41, 5.74) is -0.620. The van der Waals surface area contributed by atoms with Crippen LogP contribution in [-0.4, -0.2) is 70.7 Å². The fourth-order valence-corrected chi connectivity index (χ4v) is 4.77. The lowest BCUT2D eigenvalue weighted by molar-refractivity contribution is -0.143. The molecule has 0 bridgehead atoms. The Hall–Kier alpha value is -4.14. The molecule has 1 aromatic heterocycles. The maximum atomic E-state index is 13.5. The van der Waals surface area contributed by atoms with Crippen LogP contribution in [0.4, 0.5) is 4.79 Å². The van der Waals surface area contributed by atoms with Crippen molar-refractivity contribution in [3.8, 4) is 0 Å². The van der Waals surface area contributed by atoms with E-state index in [1.165, 1.54) is 6.26 Å². The third-order valence-electron chi connectivity index (χ3n) is 6.90. The topological polar surface area (TPSA) is 103 Å². The van der Waals surface area contributed by atoms with Crippen molar-refractivity contribution >= 4 is 34.5 Å². The fraction of sp³-hybridized carbons (Fsp3) is 0.308. The van der Waals surface area contributed by atoms with Crippen LogP contribution >= 0.6 is 0 Å². The van der Waals surface area contributed by atoms with Gasteiger partial charge in [0.25, 0.3) is 11.8 Å². The second-order valence-corrected chi connectivity index (χ2v) is 9.06. The van der Waals surface area contributed by atoms with Crippen LogP contribution in [0.5, 0.6) is 0 Å². The van der Waals surface area contributed by atoms with Crippen LogP contribution in [0, 0.1) is 0 Å². The Labute approximate surface area is 202 Å². The van der Waals surface area contributed by atoms with Crippen LogP contribution in [0.25, 0.3) is 10.8 Å². The number of rotatable bonds is 4. The molecule has 5 rings (SSSR count). The smallest absolute Gasteiger partial charge is 0.326 e. The van der Waals surface area contributed by atoms with Crippen LogP contribution in [0.3, 0.4) is 0 Å². The van der Waals surface area contributed by atoms with Crippen LogP contribution in [0.1, 0.15) is 30.0 Å². The molecule has 0 radical (unpaired) electrons. The van der Waals surface area contributed by atoms with Crippen molar-refractivity contribution in [1.29, 1.82) is 0 Å². The molecule has 2 atom stereocenters. The molecule has 5 amide bonds. The molecule has 0 spiro atoms. The van der Waals surface area contributed by atoms with Gasteiger partial charge in [0, 0.05) is 26.2 Å². The van der Waals surface area contributed by atoms with Crippen LogP contribution in [-0.2, 0) is 15.1 Å². The third-order valence-corrected chi connectivity index (χ3v) is 6.90. The predicted octanol–water partition coefficient (Wildman–Crippen LogP) is 2.57. The number of hydrogen-bond donors (Lipinski definition) is 1. The van der Waals surface area contributed by atoms with Crippen LogP contribution in [0.15, 0.2) is 65.3 Å². The zero-order valence-corrected chi connectivity index (χ0v) is 19.6. The van der Waals surface area contributed by atoms with Crippen molar-refractivity contribution < 1.29 is 23.6 Å². The molecule has 0 saturated carbocycles. The summed E-state index contributed by atoms with van der Waals surface area (Å²) in [6, 6.07) is 15.1. The Morgan fingerprint density at radius 3 is 2.31 bits per heavy atom. The van der Waals surface area contributed by atoms with Crippen molar-refractivity contribution in [2.75, 3.05) is 26.2 Å². The van der Waals surface area contributed by atoms with E-state index in [1.807, 2.05) is 42.5 Å². The van der Waals surface area contributed by atoms with E-state index in [2.05, 4.69) is 5.32 Å². The molecule has 0 aliphatic carbocycles. The fourth-order valence-electron chi connectivity index (χ4n) is 4.77. The maximum absolute atomic E-state index is 13.5. The van der Waals surface area contributed by atoms with Gasteiger partial charge in [-0.15, -0.1) is 0 Å². The minimum atomic E-state index is -1.27. The maximum Gasteiger partial charge on any atom is 0.326 e. The highest BCUT2D eigenvalue weighted by Gasteiger charge is 2.52. The zero-order chi connectivity index (χ0) is 24.7. The van der Waals surface area contributed by atoms with Gasteiger partial charge in [-0.2, -0.15) is 0 Å². The highest BCUT2D eigenvalue weighted by molar-refractivity contribution is 6.10. The third kappa shape index (κ3) is 3.82. The van der Waals surface area contributed by atoms with Crippen LogP contribution < -0.4 is 5.32 Å².